The number of unbranched alkanes of at least 4 members (excludes halogenated alkanes) is 1. The van der Waals surface area contributed by atoms with E-state index in [-0.39, 0.29) is 0 Å². The van der Waals surface area contributed by atoms with Crippen LogP contribution in [0.15, 0.2) is 48.5 Å². The smallest absolute Gasteiger partial charge is 0.343 e. The first kappa shape index (κ1) is 15.6. The lowest BCUT2D eigenvalue weighted by molar-refractivity contribution is 0.0734. The van der Waals surface area contributed by atoms with Crippen molar-refractivity contribution >= 4 is 5.97 Å². The Balaban J connectivity index is 1.94. The van der Waals surface area contributed by atoms with Crippen LogP contribution in [0.3, 0.4) is 0 Å². The Kier molecular flexibility index (Phi) is 5.56. The van der Waals surface area contributed by atoms with Gasteiger partial charge in [0.15, 0.2) is 0 Å². The number of hydrogen-bond acceptors (Lipinski definition) is 4. The molecular weight excluding hydrogens is 278 g/mol. The predicted molar refractivity (Wildman–Crippen MR) is 83.0 cm³/mol. The molecule has 0 heterocycles. The number of nitriles is 1. The lowest BCUT2D eigenvalue weighted by atomic mass is 10.1. The fraction of sp³-hybridized carbons (Fsp3) is 0.222. The van der Waals surface area contributed by atoms with Gasteiger partial charge in [-0.1, -0.05) is 13.3 Å². The van der Waals surface area contributed by atoms with Crippen LogP contribution in [-0.4, -0.2) is 12.6 Å². The first-order valence-electron chi connectivity index (χ1n) is 7.18. The first-order valence-corrected chi connectivity index (χ1v) is 7.18. The number of nitrogens with zero attached hydrogens (tertiary/aromatic N) is 1. The lowest BCUT2D eigenvalue weighted by Crippen LogP contribution is -2.08. The summed E-state index contributed by atoms with van der Waals surface area (Å²) in [4.78, 5) is 12.0. The molecule has 0 amide bonds. The molecule has 0 radical (unpaired) electrons. The maximum absolute atomic E-state index is 12.0. The Labute approximate surface area is 129 Å². The van der Waals surface area contributed by atoms with Crippen LogP contribution in [0.5, 0.6) is 11.5 Å². The summed E-state index contributed by atoms with van der Waals surface area (Å²) in [5.74, 6) is 0.757. The molecule has 2 aromatic carbocycles. The van der Waals surface area contributed by atoms with Gasteiger partial charge in [-0.25, -0.2) is 4.79 Å². The van der Waals surface area contributed by atoms with Gasteiger partial charge in [0, 0.05) is 0 Å². The highest BCUT2D eigenvalue weighted by atomic mass is 16.5. The molecule has 4 nitrogen and oxygen atoms in total. The molecule has 0 saturated carbocycles. The van der Waals surface area contributed by atoms with E-state index >= 15 is 0 Å². The van der Waals surface area contributed by atoms with Crippen LogP contribution in [0.4, 0.5) is 0 Å². The molecule has 0 aliphatic carbocycles. The highest BCUT2D eigenvalue weighted by Crippen LogP contribution is 2.19. The van der Waals surface area contributed by atoms with Gasteiger partial charge in [-0.15, -0.1) is 0 Å². The Hall–Kier alpha value is -2.80. The Morgan fingerprint density at radius 3 is 2.27 bits per heavy atom. The predicted octanol–water partition coefficient (Wildman–Crippen LogP) is 3.96. The van der Waals surface area contributed by atoms with Gasteiger partial charge in [0.2, 0.25) is 0 Å². The number of benzene rings is 2. The normalized spacial score (nSPS) is 9.82. The number of hydrogen-bond donors (Lipinski definition) is 0. The fourth-order valence-electron chi connectivity index (χ4n) is 1.79. The number of carbonyl (C=O) groups is 1. The molecule has 0 aromatic heterocycles. The summed E-state index contributed by atoms with van der Waals surface area (Å²) in [7, 11) is 0. The summed E-state index contributed by atoms with van der Waals surface area (Å²) < 4.78 is 10.8. The van der Waals surface area contributed by atoms with E-state index in [2.05, 4.69) is 6.92 Å². The number of carbonyl (C=O) groups excluding carboxylic acids is 1. The van der Waals surface area contributed by atoms with Gasteiger partial charge >= 0.3 is 5.97 Å². The highest BCUT2D eigenvalue weighted by Gasteiger charge is 2.08. The van der Waals surface area contributed by atoms with Gasteiger partial charge in [-0.05, 0) is 55.0 Å². The molecule has 2 rings (SSSR count). The van der Waals surface area contributed by atoms with Crippen molar-refractivity contribution in [2.75, 3.05) is 6.61 Å². The molecule has 0 spiro atoms. The van der Waals surface area contributed by atoms with Gasteiger partial charge in [0.1, 0.15) is 11.5 Å². The Morgan fingerprint density at radius 1 is 1.05 bits per heavy atom. The average Bonchev–Trinajstić information content (AvgIpc) is 2.57. The molecule has 0 aliphatic heterocycles. The van der Waals surface area contributed by atoms with Crippen molar-refractivity contribution in [2.24, 2.45) is 0 Å². The van der Waals surface area contributed by atoms with E-state index in [4.69, 9.17) is 14.7 Å². The van der Waals surface area contributed by atoms with Gasteiger partial charge in [-0.2, -0.15) is 5.26 Å². The SMILES string of the molecule is CCCCOc1ccc(OC(=O)c2ccc(C#N)cc2)cc1. The van der Waals surface area contributed by atoms with Crippen molar-refractivity contribution < 1.29 is 14.3 Å². The summed E-state index contributed by atoms with van der Waals surface area (Å²) in [6.45, 7) is 2.79. The molecule has 0 atom stereocenters. The Morgan fingerprint density at radius 2 is 1.68 bits per heavy atom. The van der Waals surface area contributed by atoms with Crippen molar-refractivity contribution in [1.29, 1.82) is 5.26 Å². The largest absolute Gasteiger partial charge is 0.494 e. The van der Waals surface area contributed by atoms with Crippen molar-refractivity contribution in [3.05, 3.63) is 59.7 Å². The van der Waals surface area contributed by atoms with E-state index < -0.39 is 5.97 Å². The molecule has 22 heavy (non-hydrogen) atoms. The average molecular weight is 295 g/mol. The zero-order chi connectivity index (χ0) is 15.8. The maximum atomic E-state index is 12.0. The van der Waals surface area contributed by atoms with E-state index in [0.29, 0.717) is 23.5 Å². The van der Waals surface area contributed by atoms with Crippen LogP contribution in [0.25, 0.3) is 0 Å². The van der Waals surface area contributed by atoms with Gasteiger partial charge < -0.3 is 9.47 Å². The molecule has 0 bridgehead atoms. The fourth-order valence-corrected chi connectivity index (χ4v) is 1.79. The minimum absolute atomic E-state index is 0.405. The second-order valence-corrected chi connectivity index (χ2v) is 4.75. The molecular formula is C18H17NO3. The summed E-state index contributed by atoms with van der Waals surface area (Å²) in [6.07, 6.45) is 2.09. The Bertz CT molecular complexity index is 654. The van der Waals surface area contributed by atoms with Crippen molar-refractivity contribution in [3.8, 4) is 17.6 Å². The molecule has 4 heteroatoms. The molecule has 112 valence electrons. The number of rotatable bonds is 6. The van der Waals surface area contributed by atoms with E-state index in [1.165, 1.54) is 0 Å². The van der Waals surface area contributed by atoms with Crippen LogP contribution in [-0.2, 0) is 0 Å². The van der Waals surface area contributed by atoms with E-state index in [1.54, 1.807) is 48.5 Å². The van der Waals surface area contributed by atoms with Crippen LogP contribution >= 0.6 is 0 Å². The third kappa shape index (κ3) is 4.35. The van der Waals surface area contributed by atoms with Crippen LogP contribution < -0.4 is 9.47 Å². The van der Waals surface area contributed by atoms with Crippen molar-refractivity contribution in [2.45, 2.75) is 19.8 Å². The summed E-state index contributed by atoms with van der Waals surface area (Å²) in [5, 5.41) is 8.73. The van der Waals surface area contributed by atoms with Gasteiger partial charge in [0.05, 0.1) is 23.8 Å². The zero-order valence-electron chi connectivity index (χ0n) is 12.4. The molecule has 0 aliphatic rings. The summed E-state index contributed by atoms with van der Waals surface area (Å²) in [5.41, 5.74) is 0.910. The van der Waals surface area contributed by atoms with E-state index in [1.807, 2.05) is 6.07 Å². The third-order valence-electron chi connectivity index (χ3n) is 3.05. The summed E-state index contributed by atoms with van der Waals surface area (Å²) >= 11 is 0. The molecule has 0 fully saturated rings. The van der Waals surface area contributed by atoms with Crippen LogP contribution in [0, 0.1) is 11.3 Å². The molecule has 0 unspecified atom stereocenters. The molecule has 2 aromatic rings. The zero-order valence-corrected chi connectivity index (χ0v) is 12.4. The summed E-state index contributed by atoms with van der Waals surface area (Å²) in [6, 6.07) is 15.3. The second kappa shape index (κ2) is 7.84. The topological polar surface area (TPSA) is 59.3 Å². The minimum atomic E-state index is -0.454. The van der Waals surface area contributed by atoms with Crippen LogP contribution in [0.2, 0.25) is 0 Å². The van der Waals surface area contributed by atoms with Crippen molar-refractivity contribution in [3.63, 3.8) is 0 Å². The molecule has 0 N–H and O–H groups in total. The standard InChI is InChI=1S/C18H17NO3/c1-2-3-12-21-16-8-10-17(11-9-16)22-18(20)15-6-4-14(13-19)5-7-15/h4-11H,2-3,12H2,1H3. The van der Waals surface area contributed by atoms with Gasteiger partial charge in [-0.3, -0.25) is 0 Å². The minimum Gasteiger partial charge on any atom is -0.494 e. The molecule has 0 saturated heterocycles. The first-order chi connectivity index (χ1) is 10.7. The third-order valence-corrected chi connectivity index (χ3v) is 3.05. The number of ether oxygens (including phenoxy) is 2. The van der Waals surface area contributed by atoms with E-state index in [9.17, 15) is 4.79 Å². The highest BCUT2D eigenvalue weighted by molar-refractivity contribution is 5.91. The van der Waals surface area contributed by atoms with Gasteiger partial charge in [0.25, 0.3) is 0 Å². The second-order valence-electron chi connectivity index (χ2n) is 4.75. The quantitative estimate of drug-likeness (QED) is 0.460. The monoisotopic (exact) mass is 295 g/mol. The van der Waals surface area contributed by atoms with Crippen molar-refractivity contribution in [1.82, 2.24) is 0 Å². The lowest BCUT2D eigenvalue weighted by Gasteiger charge is -2.07. The number of esters is 1. The maximum Gasteiger partial charge on any atom is 0.343 e. The van der Waals surface area contributed by atoms with E-state index in [0.717, 1.165) is 18.6 Å². The van der Waals surface area contributed by atoms with Crippen LogP contribution in [0.1, 0.15) is 35.7 Å².